The Balaban J connectivity index is 1.83. The maximum absolute atomic E-state index is 10.6. The number of aromatic nitrogens is 2. The van der Waals surface area contributed by atoms with Gasteiger partial charge in [-0.1, -0.05) is 19.1 Å². The van der Waals surface area contributed by atoms with Crippen molar-refractivity contribution >= 4 is 11.0 Å². The number of rotatable bonds is 5. The second-order valence-electron chi connectivity index (χ2n) is 6.05. The third kappa shape index (κ3) is 3.11. The minimum Gasteiger partial charge on any atom is -0.392 e. The number of piperidine rings is 1. The Morgan fingerprint density at radius 2 is 2.29 bits per heavy atom. The molecule has 1 fully saturated rings. The molecule has 0 amide bonds. The monoisotopic (exact) mass is 287 g/mol. The molecule has 2 atom stereocenters. The lowest BCUT2D eigenvalue weighted by Gasteiger charge is -2.27. The molecular weight excluding hydrogens is 262 g/mol. The van der Waals surface area contributed by atoms with Crippen molar-refractivity contribution in [1.29, 1.82) is 0 Å². The minimum absolute atomic E-state index is 0.301. The Labute approximate surface area is 126 Å². The molecule has 3 rings (SSSR count). The normalized spacial score (nSPS) is 20.8. The number of fused-ring (bicyclic) bond motifs is 1. The third-order valence-electron chi connectivity index (χ3n) is 4.45. The lowest BCUT2D eigenvalue weighted by atomic mass is 9.92. The van der Waals surface area contributed by atoms with Crippen molar-refractivity contribution in [1.82, 2.24) is 14.9 Å². The molecule has 4 heteroatoms. The number of nitrogens with one attached hydrogen (secondary N) is 1. The number of imidazole rings is 1. The highest BCUT2D eigenvalue weighted by atomic mass is 16.3. The van der Waals surface area contributed by atoms with Gasteiger partial charge in [-0.3, -0.25) is 0 Å². The molecule has 0 saturated carbocycles. The molecule has 0 spiro atoms. The Hall–Kier alpha value is -1.39. The quantitative estimate of drug-likeness (QED) is 0.887. The van der Waals surface area contributed by atoms with Crippen LogP contribution in [0.5, 0.6) is 0 Å². The van der Waals surface area contributed by atoms with E-state index >= 15 is 0 Å². The minimum atomic E-state index is -0.301. The molecule has 0 aliphatic carbocycles. The zero-order chi connectivity index (χ0) is 14.7. The zero-order valence-electron chi connectivity index (χ0n) is 12.8. The topological polar surface area (TPSA) is 50.1 Å². The van der Waals surface area contributed by atoms with Gasteiger partial charge in [0, 0.05) is 19.5 Å². The average Bonchev–Trinajstić information content (AvgIpc) is 2.86. The van der Waals surface area contributed by atoms with Gasteiger partial charge in [0.1, 0.15) is 5.82 Å². The summed E-state index contributed by atoms with van der Waals surface area (Å²) < 4.78 is 2.27. The predicted molar refractivity (Wildman–Crippen MR) is 85.3 cm³/mol. The molecule has 0 bridgehead atoms. The third-order valence-corrected chi connectivity index (χ3v) is 4.45. The molecule has 2 aromatic rings. The summed E-state index contributed by atoms with van der Waals surface area (Å²) in [5.41, 5.74) is 2.22. The van der Waals surface area contributed by atoms with Crippen LogP contribution >= 0.6 is 0 Å². The summed E-state index contributed by atoms with van der Waals surface area (Å²) in [6.45, 7) is 5.15. The van der Waals surface area contributed by atoms with Gasteiger partial charge >= 0.3 is 0 Å². The number of hydrogen-bond donors (Lipinski definition) is 2. The Kier molecular flexibility index (Phi) is 4.56. The van der Waals surface area contributed by atoms with E-state index in [9.17, 15) is 5.11 Å². The van der Waals surface area contributed by atoms with Crippen LogP contribution in [0.1, 0.15) is 32.0 Å². The summed E-state index contributed by atoms with van der Waals surface area (Å²) >= 11 is 0. The number of aliphatic hydroxyl groups is 1. The van der Waals surface area contributed by atoms with Crippen LogP contribution in [0.25, 0.3) is 11.0 Å². The van der Waals surface area contributed by atoms with Crippen molar-refractivity contribution in [2.45, 2.75) is 45.3 Å². The number of benzene rings is 1. The number of hydrogen-bond acceptors (Lipinski definition) is 3. The van der Waals surface area contributed by atoms with Gasteiger partial charge in [0.05, 0.1) is 17.1 Å². The standard InChI is InChI=1S/C17H25N3O/c1-2-10-20-15-8-4-3-7-14(15)19-17(20)11-16(21)13-6-5-9-18-12-13/h3-4,7-8,13,16,18,21H,2,5-6,9-12H2,1H3. The SMILES string of the molecule is CCCn1c(CC(O)C2CCCNC2)nc2ccccc21. The van der Waals surface area contributed by atoms with Gasteiger partial charge in [-0.2, -0.15) is 0 Å². The number of aryl methyl sites for hydroxylation is 1. The molecule has 2 N–H and O–H groups in total. The number of para-hydroxylation sites is 2. The lowest BCUT2D eigenvalue weighted by Crippen LogP contribution is -2.38. The van der Waals surface area contributed by atoms with Gasteiger partial charge in [-0.25, -0.2) is 4.98 Å². The van der Waals surface area contributed by atoms with Crippen molar-refractivity contribution in [3.63, 3.8) is 0 Å². The van der Waals surface area contributed by atoms with Crippen LogP contribution in [0.2, 0.25) is 0 Å². The molecule has 1 aliphatic rings. The lowest BCUT2D eigenvalue weighted by molar-refractivity contribution is 0.0897. The first-order chi connectivity index (χ1) is 10.3. The highest BCUT2D eigenvalue weighted by Gasteiger charge is 2.23. The van der Waals surface area contributed by atoms with Crippen molar-refractivity contribution in [3.8, 4) is 0 Å². The van der Waals surface area contributed by atoms with Crippen LogP contribution in [-0.4, -0.2) is 33.9 Å². The fourth-order valence-corrected chi connectivity index (χ4v) is 3.32. The summed E-state index contributed by atoms with van der Waals surface area (Å²) in [5.74, 6) is 1.38. The van der Waals surface area contributed by atoms with Crippen molar-refractivity contribution in [2.75, 3.05) is 13.1 Å². The van der Waals surface area contributed by atoms with Crippen molar-refractivity contribution < 1.29 is 5.11 Å². The average molecular weight is 287 g/mol. The van der Waals surface area contributed by atoms with Crippen LogP contribution in [-0.2, 0) is 13.0 Å². The number of nitrogens with zero attached hydrogens (tertiary/aromatic N) is 2. The molecule has 1 aromatic carbocycles. The summed E-state index contributed by atoms with van der Waals surface area (Å²) in [6, 6.07) is 8.26. The van der Waals surface area contributed by atoms with Crippen LogP contribution in [0.4, 0.5) is 0 Å². The van der Waals surface area contributed by atoms with Crippen molar-refractivity contribution in [3.05, 3.63) is 30.1 Å². The largest absolute Gasteiger partial charge is 0.392 e. The van der Waals surface area contributed by atoms with Crippen molar-refractivity contribution in [2.24, 2.45) is 5.92 Å². The zero-order valence-corrected chi connectivity index (χ0v) is 12.8. The first-order valence-corrected chi connectivity index (χ1v) is 8.12. The van der Waals surface area contributed by atoms with E-state index in [1.54, 1.807) is 0 Å². The first kappa shape index (κ1) is 14.5. The Bertz CT molecular complexity index is 587. The predicted octanol–water partition coefficient (Wildman–Crippen LogP) is 2.35. The Morgan fingerprint density at radius 3 is 3.05 bits per heavy atom. The molecule has 2 unspecified atom stereocenters. The highest BCUT2D eigenvalue weighted by molar-refractivity contribution is 5.75. The van der Waals surface area contributed by atoms with E-state index in [0.717, 1.165) is 50.2 Å². The van der Waals surface area contributed by atoms with Crippen LogP contribution in [0.3, 0.4) is 0 Å². The fourth-order valence-electron chi connectivity index (χ4n) is 3.32. The molecule has 21 heavy (non-hydrogen) atoms. The fraction of sp³-hybridized carbons (Fsp3) is 0.588. The van der Waals surface area contributed by atoms with Crippen LogP contribution in [0, 0.1) is 5.92 Å². The molecule has 114 valence electrons. The maximum Gasteiger partial charge on any atom is 0.112 e. The summed E-state index contributed by atoms with van der Waals surface area (Å²) in [7, 11) is 0. The van der Waals surface area contributed by atoms with E-state index in [2.05, 4.69) is 35.0 Å². The first-order valence-electron chi connectivity index (χ1n) is 8.12. The van der Waals surface area contributed by atoms with E-state index in [1.807, 2.05) is 6.07 Å². The summed E-state index contributed by atoms with van der Waals surface area (Å²) in [5, 5.41) is 13.9. The van der Waals surface area contributed by atoms with E-state index in [1.165, 1.54) is 5.52 Å². The van der Waals surface area contributed by atoms with E-state index in [0.29, 0.717) is 12.3 Å². The maximum atomic E-state index is 10.6. The van der Waals surface area contributed by atoms with Crippen LogP contribution in [0.15, 0.2) is 24.3 Å². The van der Waals surface area contributed by atoms with Gasteiger partial charge < -0.3 is 15.0 Å². The second kappa shape index (κ2) is 6.58. The molecule has 4 nitrogen and oxygen atoms in total. The van der Waals surface area contributed by atoms with E-state index in [4.69, 9.17) is 4.98 Å². The summed E-state index contributed by atoms with van der Waals surface area (Å²) in [6.07, 6.45) is 3.70. The molecular formula is C17H25N3O. The van der Waals surface area contributed by atoms with Gasteiger partial charge in [-0.05, 0) is 43.9 Å². The van der Waals surface area contributed by atoms with Gasteiger partial charge in [-0.15, -0.1) is 0 Å². The molecule has 1 aromatic heterocycles. The van der Waals surface area contributed by atoms with Gasteiger partial charge in [0.2, 0.25) is 0 Å². The number of aliphatic hydroxyl groups excluding tert-OH is 1. The van der Waals surface area contributed by atoms with E-state index < -0.39 is 0 Å². The smallest absolute Gasteiger partial charge is 0.112 e. The molecule has 1 aliphatic heterocycles. The van der Waals surface area contributed by atoms with Gasteiger partial charge in [0.15, 0.2) is 0 Å². The molecule has 1 saturated heterocycles. The van der Waals surface area contributed by atoms with E-state index in [-0.39, 0.29) is 6.10 Å². The van der Waals surface area contributed by atoms with Crippen LogP contribution < -0.4 is 5.32 Å². The Morgan fingerprint density at radius 1 is 1.43 bits per heavy atom. The molecule has 2 heterocycles. The highest BCUT2D eigenvalue weighted by Crippen LogP contribution is 2.21. The van der Waals surface area contributed by atoms with Gasteiger partial charge in [0.25, 0.3) is 0 Å². The second-order valence-corrected chi connectivity index (χ2v) is 6.05. The summed E-state index contributed by atoms with van der Waals surface area (Å²) in [4.78, 5) is 4.75. The molecule has 0 radical (unpaired) electrons.